The molecule has 0 aliphatic heterocycles. The van der Waals surface area contributed by atoms with Gasteiger partial charge in [-0.2, -0.15) is 0 Å². The van der Waals surface area contributed by atoms with Crippen LogP contribution in [0.2, 0.25) is 0 Å². The first-order chi connectivity index (χ1) is 6.27. The molecule has 3 heteroatoms. The zero-order valence-corrected chi connectivity index (χ0v) is 8.47. The molecule has 0 fully saturated rings. The van der Waals surface area contributed by atoms with Crippen molar-refractivity contribution < 1.29 is 4.42 Å². The van der Waals surface area contributed by atoms with Gasteiger partial charge in [0.15, 0.2) is 0 Å². The first-order valence-electron chi connectivity index (χ1n) is 4.26. The summed E-state index contributed by atoms with van der Waals surface area (Å²) in [6.45, 7) is 4.32. The maximum Gasteiger partial charge on any atom is 0.138 e. The molecule has 2 aromatic rings. The summed E-state index contributed by atoms with van der Waals surface area (Å²) >= 11 is 1.76. The molecule has 0 atom stereocenters. The number of hydrogen-bond acceptors (Lipinski definition) is 3. The van der Waals surface area contributed by atoms with Gasteiger partial charge in [0.05, 0.1) is 11.6 Å². The Labute approximate surface area is 81.3 Å². The lowest BCUT2D eigenvalue weighted by Gasteiger charge is -2.03. The van der Waals surface area contributed by atoms with Crippen molar-refractivity contribution >= 4 is 22.7 Å². The largest absolute Gasteiger partial charge is 0.464 e. The number of nitrogens with zero attached hydrogens (tertiary/aromatic N) is 1. The molecule has 0 saturated heterocycles. The van der Waals surface area contributed by atoms with Crippen molar-refractivity contribution in [1.82, 2.24) is 4.98 Å². The van der Waals surface area contributed by atoms with E-state index in [-0.39, 0.29) is 0 Å². The minimum atomic E-state index is 0.549. The topological polar surface area (TPSA) is 26.0 Å². The lowest BCUT2D eigenvalue weighted by molar-refractivity contribution is 0.615. The summed E-state index contributed by atoms with van der Waals surface area (Å²) in [7, 11) is 0. The van der Waals surface area contributed by atoms with Crippen LogP contribution in [0.1, 0.15) is 13.8 Å². The number of pyridine rings is 1. The second kappa shape index (κ2) is 3.42. The molecule has 2 nitrogen and oxygen atoms in total. The lowest BCUT2D eigenvalue weighted by Crippen LogP contribution is -1.88. The molecule has 0 aromatic carbocycles. The molecule has 0 unspecified atom stereocenters. The van der Waals surface area contributed by atoms with Crippen LogP contribution in [0.5, 0.6) is 0 Å². The average Bonchev–Trinajstić information content (AvgIpc) is 2.51. The van der Waals surface area contributed by atoms with E-state index >= 15 is 0 Å². The van der Waals surface area contributed by atoms with Crippen LogP contribution in [0.4, 0.5) is 0 Å². The molecular formula is C10H11NOS. The molecule has 0 radical (unpaired) electrons. The molecule has 2 aromatic heterocycles. The van der Waals surface area contributed by atoms with Gasteiger partial charge >= 0.3 is 0 Å². The first kappa shape index (κ1) is 8.63. The van der Waals surface area contributed by atoms with Gasteiger partial charge in [0.2, 0.25) is 0 Å². The lowest BCUT2D eigenvalue weighted by atomic mass is 10.3. The molecule has 68 valence electrons. The molecular weight excluding hydrogens is 182 g/mol. The maximum absolute atomic E-state index is 5.29. The molecule has 2 heterocycles. The Morgan fingerprint density at radius 2 is 2.23 bits per heavy atom. The normalized spacial score (nSPS) is 11.3. The summed E-state index contributed by atoms with van der Waals surface area (Å²) in [4.78, 5) is 4.32. The van der Waals surface area contributed by atoms with Crippen LogP contribution < -0.4 is 0 Å². The van der Waals surface area contributed by atoms with Crippen molar-refractivity contribution in [2.75, 3.05) is 0 Å². The van der Waals surface area contributed by atoms with Crippen molar-refractivity contribution in [3.05, 3.63) is 24.6 Å². The fraction of sp³-hybridized carbons (Fsp3) is 0.300. The van der Waals surface area contributed by atoms with Crippen LogP contribution >= 0.6 is 11.8 Å². The van der Waals surface area contributed by atoms with E-state index in [0.717, 1.165) is 16.0 Å². The van der Waals surface area contributed by atoms with Gasteiger partial charge in [0.1, 0.15) is 10.6 Å². The molecule has 0 aliphatic rings. The third kappa shape index (κ3) is 1.70. The third-order valence-corrected chi connectivity index (χ3v) is 2.71. The van der Waals surface area contributed by atoms with Crippen LogP contribution in [0.3, 0.4) is 0 Å². The van der Waals surface area contributed by atoms with Crippen molar-refractivity contribution in [3.8, 4) is 0 Å². The molecule has 0 amide bonds. The van der Waals surface area contributed by atoms with Crippen LogP contribution in [0.25, 0.3) is 11.0 Å². The summed E-state index contributed by atoms with van der Waals surface area (Å²) in [6.07, 6.45) is 3.49. The van der Waals surface area contributed by atoms with E-state index in [9.17, 15) is 0 Å². The van der Waals surface area contributed by atoms with Crippen LogP contribution in [0.15, 0.2) is 34.0 Å². The van der Waals surface area contributed by atoms with Crippen molar-refractivity contribution in [2.45, 2.75) is 24.1 Å². The fourth-order valence-corrected chi connectivity index (χ4v) is 2.05. The monoisotopic (exact) mass is 193 g/mol. The summed E-state index contributed by atoms with van der Waals surface area (Å²) in [5, 5.41) is 2.72. The fourth-order valence-electron chi connectivity index (χ4n) is 1.19. The van der Waals surface area contributed by atoms with E-state index in [1.807, 2.05) is 12.1 Å². The molecule has 0 N–H and O–H groups in total. The van der Waals surface area contributed by atoms with E-state index in [4.69, 9.17) is 4.42 Å². The maximum atomic E-state index is 5.29. The van der Waals surface area contributed by atoms with Gasteiger partial charge in [-0.05, 0) is 12.1 Å². The summed E-state index contributed by atoms with van der Waals surface area (Å²) in [5.74, 6) is 0. The highest BCUT2D eigenvalue weighted by atomic mass is 32.2. The second-order valence-corrected chi connectivity index (χ2v) is 4.68. The summed E-state index contributed by atoms with van der Waals surface area (Å²) in [5.41, 5.74) is 0.915. The quantitative estimate of drug-likeness (QED) is 0.684. The number of aromatic nitrogens is 1. The Kier molecular flexibility index (Phi) is 2.27. The summed E-state index contributed by atoms with van der Waals surface area (Å²) < 4.78 is 5.29. The predicted molar refractivity (Wildman–Crippen MR) is 55.0 cm³/mol. The minimum absolute atomic E-state index is 0.549. The van der Waals surface area contributed by atoms with Gasteiger partial charge in [-0.3, -0.25) is 0 Å². The summed E-state index contributed by atoms with van der Waals surface area (Å²) in [6, 6.07) is 3.85. The molecule has 0 saturated carbocycles. The molecule has 0 aliphatic carbocycles. The van der Waals surface area contributed by atoms with Gasteiger partial charge in [-0.15, -0.1) is 11.8 Å². The first-order valence-corrected chi connectivity index (χ1v) is 5.14. The van der Waals surface area contributed by atoms with E-state index in [0.29, 0.717) is 5.25 Å². The Bertz CT molecular complexity index is 408. The van der Waals surface area contributed by atoms with Crippen molar-refractivity contribution in [2.24, 2.45) is 0 Å². The highest BCUT2D eigenvalue weighted by Crippen LogP contribution is 2.28. The van der Waals surface area contributed by atoms with Crippen LogP contribution in [-0.2, 0) is 0 Å². The number of fused-ring (bicyclic) bond motifs is 1. The third-order valence-electron chi connectivity index (χ3n) is 1.69. The van der Waals surface area contributed by atoms with E-state index in [1.54, 1.807) is 24.2 Å². The second-order valence-electron chi connectivity index (χ2n) is 3.12. The zero-order chi connectivity index (χ0) is 9.26. The van der Waals surface area contributed by atoms with Crippen molar-refractivity contribution in [3.63, 3.8) is 0 Å². The molecule has 0 bridgehead atoms. The van der Waals surface area contributed by atoms with Crippen molar-refractivity contribution in [1.29, 1.82) is 0 Å². The van der Waals surface area contributed by atoms with Gasteiger partial charge < -0.3 is 4.42 Å². The Morgan fingerprint density at radius 1 is 1.38 bits per heavy atom. The minimum Gasteiger partial charge on any atom is -0.464 e. The van der Waals surface area contributed by atoms with E-state index in [1.165, 1.54) is 0 Å². The number of furan rings is 1. The number of hydrogen-bond donors (Lipinski definition) is 0. The Hall–Kier alpha value is -0.960. The molecule has 2 rings (SSSR count). The highest BCUT2D eigenvalue weighted by molar-refractivity contribution is 8.00. The highest BCUT2D eigenvalue weighted by Gasteiger charge is 2.06. The molecule has 0 spiro atoms. The Balaban J connectivity index is 2.48. The zero-order valence-electron chi connectivity index (χ0n) is 7.65. The van der Waals surface area contributed by atoms with Gasteiger partial charge in [-0.1, -0.05) is 13.8 Å². The molecule has 13 heavy (non-hydrogen) atoms. The number of thioether (sulfide) groups is 1. The standard InChI is InChI=1S/C10H11NOS/c1-7(2)13-10-8-4-6-12-9(8)3-5-11-10/h3-7H,1-2H3. The Morgan fingerprint density at radius 3 is 3.00 bits per heavy atom. The predicted octanol–water partition coefficient (Wildman–Crippen LogP) is 3.33. The number of rotatable bonds is 2. The van der Waals surface area contributed by atoms with Crippen LogP contribution in [0, 0.1) is 0 Å². The van der Waals surface area contributed by atoms with Gasteiger partial charge in [0, 0.05) is 11.4 Å². The van der Waals surface area contributed by atoms with Gasteiger partial charge in [-0.25, -0.2) is 4.98 Å². The van der Waals surface area contributed by atoms with Gasteiger partial charge in [0.25, 0.3) is 0 Å². The average molecular weight is 193 g/mol. The van der Waals surface area contributed by atoms with E-state index in [2.05, 4.69) is 18.8 Å². The smallest absolute Gasteiger partial charge is 0.138 e. The van der Waals surface area contributed by atoms with Crippen LogP contribution in [-0.4, -0.2) is 10.2 Å². The van der Waals surface area contributed by atoms with E-state index < -0.39 is 0 Å². The SMILES string of the molecule is CC(C)Sc1nccc2occc12.